The van der Waals surface area contributed by atoms with Crippen LogP contribution < -0.4 is 0 Å². The van der Waals surface area contributed by atoms with Gasteiger partial charge in [0.25, 0.3) is 0 Å². The van der Waals surface area contributed by atoms with Crippen molar-refractivity contribution in [2.75, 3.05) is 0 Å². The van der Waals surface area contributed by atoms with E-state index in [-0.39, 0.29) is 0 Å². The van der Waals surface area contributed by atoms with E-state index in [1.54, 1.807) is 6.20 Å². The van der Waals surface area contributed by atoms with Crippen LogP contribution in [0.5, 0.6) is 0 Å². The Balaban J connectivity index is 2.59. The molecule has 0 aliphatic carbocycles. The van der Waals surface area contributed by atoms with Crippen LogP contribution in [0, 0.1) is 5.92 Å². The first-order valence-corrected chi connectivity index (χ1v) is 5.32. The average Bonchev–Trinajstić information content (AvgIpc) is 2.61. The molecular formula is C10H13ClN4. The van der Waals surface area contributed by atoms with Crippen LogP contribution in [0.2, 0.25) is 5.15 Å². The van der Waals surface area contributed by atoms with E-state index < -0.39 is 0 Å². The first-order chi connectivity index (χ1) is 7.11. The number of hydrogen-bond donors (Lipinski definition) is 0. The fourth-order valence-electron chi connectivity index (χ4n) is 1.41. The molecule has 1 unspecified atom stereocenters. The number of halogens is 1. The van der Waals surface area contributed by atoms with E-state index in [1.807, 2.05) is 4.68 Å². The Morgan fingerprint density at radius 3 is 2.67 bits per heavy atom. The summed E-state index contributed by atoms with van der Waals surface area (Å²) in [4.78, 5) is 8.14. The lowest BCUT2D eigenvalue weighted by Gasteiger charge is -2.16. The summed E-state index contributed by atoms with van der Waals surface area (Å²) in [6.45, 7) is 6.43. The second-order valence-corrected chi connectivity index (χ2v) is 4.33. The van der Waals surface area contributed by atoms with Gasteiger partial charge < -0.3 is 0 Å². The van der Waals surface area contributed by atoms with Crippen LogP contribution in [0.4, 0.5) is 0 Å². The summed E-state index contributed by atoms with van der Waals surface area (Å²) in [5.41, 5.74) is 0.802. The van der Waals surface area contributed by atoms with Gasteiger partial charge in [0, 0.05) is 0 Å². The summed E-state index contributed by atoms with van der Waals surface area (Å²) in [5.74, 6) is 0.502. The van der Waals surface area contributed by atoms with E-state index in [4.69, 9.17) is 11.6 Å². The SMILES string of the molecule is CC(C)C(C)n1ncc2c(Cl)ncnc21. The molecule has 2 aromatic heterocycles. The monoisotopic (exact) mass is 224 g/mol. The van der Waals surface area contributed by atoms with Gasteiger partial charge in [0.2, 0.25) is 0 Å². The quantitative estimate of drug-likeness (QED) is 0.737. The average molecular weight is 225 g/mol. The van der Waals surface area contributed by atoms with Crippen LogP contribution in [-0.2, 0) is 0 Å². The maximum absolute atomic E-state index is 5.95. The minimum Gasteiger partial charge on any atom is -0.244 e. The summed E-state index contributed by atoms with van der Waals surface area (Å²) >= 11 is 5.95. The normalized spacial score (nSPS) is 13.7. The second-order valence-electron chi connectivity index (χ2n) is 3.98. The minimum atomic E-state index is 0.300. The molecule has 80 valence electrons. The summed E-state index contributed by atoms with van der Waals surface area (Å²) < 4.78 is 1.90. The van der Waals surface area contributed by atoms with Crippen molar-refractivity contribution in [2.24, 2.45) is 5.92 Å². The number of nitrogens with zero attached hydrogens (tertiary/aromatic N) is 4. The Morgan fingerprint density at radius 2 is 2.00 bits per heavy atom. The molecule has 2 aromatic rings. The van der Waals surface area contributed by atoms with Crippen LogP contribution >= 0.6 is 11.6 Å². The first kappa shape index (κ1) is 10.4. The fraction of sp³-hybridized carbons (Fsp3) is 0.500. The van der Waals surface area contributed by atoms with Crippen molar-refractivity contribution in [3.8, 4) is 0 Å². The lowest BCUT2D eigenvalue weighted by molar-refractivity contribution is 0.383. The molecule has 0 spiro atoms. The van der Waals surface area contributed by atoms with Gasteiger partial charge >= 0.3 is 0 Å². The van der Waals surface area contributed by atoms with Crippen LogP contribution in [0.25, 0.3) is 11.0 Å². The summed E-state index contributed by atoms with van der Waals surface area (Å²) in [5, 5.41) is 5.58. The highest BCUT2D eigenvalue weighted by Crippen LogP contribution is 2.24. The van der Waals surface area contributed by atoms with Crippen LogP contribution in [0.1, 0.15) is 26.8 Å². The number of rotatable bonds is 2. The standard InChI is InChI=1S/C10H13ClN4/c1-6(2)7(3)15-10-8(4-14-15)9(11)12-5-13-10/h4-7H,1-3H3. The molecule has 0 bridgehead atoms. The van der Waals surface area contributed by atoms with E-state index >= 15 is 0 Å². The zero-order valence-electron chi connectivity index (χ0n) is 8.98. The molecule has 0 aromatic carbocycles. The smallest absolute Gasteiger partial charge is 0.162 e. The van der Waals surface area contributed by atoms with Crippen LogP contribution in [-0.4, -0.2) is 19.7 Å². The van der Waals surface area contributed by atoms with E-state index in [0.29, 0.717) is 17.1 Å². The molecular weight excluding hydrogens is 212 g/mol. The van der Waals surface area contributed by atoms with Crippen molar-refractivity contribution in [3.05, 3.63) is 17.7 Å². The number of hydrogen-bond acceptors (Lipinski definition) is 3. The first-order valence-electron chi connectivity index (χ1n) is 4.95. The van der Waals surface area contributed by atoms with Gasteiger partial charge in [0.05, 0.1) is 17.6 Å². The van der Waals surface area contributed by atoms with Gasteiger partial charge in [-0.25, -0.2) is 14.6 Å². The maximum Gasteiger partial charge on any atom is 0.162 e. The Labute approximate surface area is 93.3 Å². The Morgan fingerprint density at radius 1 is 1.27 bits per heavy atom. The fourth-order valence-corrected chi connectivity index (χ4v) is 1.59. The third-order valence-corrected chi connectivity index (χ3v) is 2.99. The van der Waals surface area contributed by atoms with E-state index in [9.17, 15) is 0 Å². The van der Waals surface area contributed by atoms with Gasteiger partial charge in [-0.05, 0) is 12.8 Å². The van der Waals surface area contributed by atoms with Gasteiger partial charge in [0.1, 0.15) is 11.5 Å². The molecule has 0 aliphatic heterocycles. The Hall–Kier alpha value is -1.16. The zero-order valence-corrected chi connectivity index (χ0v) is 9.73. The molecule has 4 nitrogen and oxygen atoms in total. The molecule has 0 aliphatic rings. The van der Waals surface area contributed by atoms with Gasteiger partial charge in [-0.2, -0.15) is 5.10 Å². The summed E-state index contributed by atoms with van der Waals surface area (Å²) in [6, 6.07) is 0.300. The predicted octanol–water partition coefficient (Wildman–Crippen LogP) is 2.70. The van der Waals surface area contributed by atoms with Crippen LogP contribution in [0.3, 0.4) is 0 Å². The van der Waals surface area contributed by atoms with Crippen molar-refractivity contribution in [1.29, 1.82) is 0 Å². The Kier molecular flexibility index (Phi) is 2.61. The molecule has 2 heterocycles. The molecule has 0 N–H and O–H groups in total. The summed E-state index contributed by atoms with van der Waals surface area (Å²) in [7, 11) is 0. The van der Waals surface area contributed by atoms with Crippen LogP contribution in [0.15, 0.2) is 12.5 Å². The zero-order chi connectivity index (χ0) is 11.0. The Bertz CT molecular complexity index is 477. The lowest BCUT2D eigenvalue weighted by atomic mass is 10.1. The molecule has 0 saturated heterocycles. The highest BCUT2D eigenvalue weighted by molar-refractivity contribution is 6.33. The van der Waals surface area contributed by atoms with Crippen molar-refractivity contribution >= 4 is 22.6 Å². The molecule has 0 fully saturated rings. The van der Waals surface area contributed by atoms with Gasteiger partial charge in [-0.15, -0.1) is 0 Å². The van der Waals surface area contributed by atoms with Crippen molar-refractivity contribution < 1.29 is 0 Å². The van der Waals surface area contributed by atoms with Gasteiger partial charge in [-0.1, -0.05) is 25.4 Å². The topological polar surface area (TPSA) is 43.6 Å². The van der Waals surface area contributed by atoms with Crippen molar-refractivity contribution in [3.63, 3.8) is 0 Å². The molecule has 5 heteroatoms. The highest BCUT2D eigenvalue weighted by Gasteiger charge is 2.15. The molecule has 2 rings (SSSR count). The highest BCUT2D eigenvalue weighted by atomic mass is 35.5. The molecule has 0 saturated carbocycles. The lowest BCUT2D eigenvalue weighted by Crippen LogP contribution is -2.13. The third-order valence-electron chi connectivity index (χ3n) is 2.69. The molecule has 0 radical (unpaired) electrons. The van der Waals surface area contributed by atoms with E-state index in [1.165, 1.54) is 6.33 Å². The number of aromatic nitrogens is 4. The number of fused-ring (bicyclic) bond motifs is 1. The van der Waals surface area contributed by atoms with Gasteiger partial charge in [-0.3, -0.25) is 0 Å². The maximum atomic E-state index is 5.95. The van der Waals surface area contributed by atoms with E-state index in [2.05, 4.69) is 35.8 Å². The predicted molar refractivity (Wildman–Crippen MR) is 59.9 cm³/mol. The minimum absolute atomic E-state index is 0.300. The molecule has 15 heavy (non-hydrogen) atoms. The third kappa shape index (κ3) is 1.69. The largest absolute Gasteiger partial charge is 0.244 e. The van der Waals surface area contributed by atoms with Crippen molar-refractivity contribution in [1.82, 2.24) is 19.7 Å². The summed E-state index contributed by atoms with van der Waals surface area (Å²) in [6.07, 6.45) is 3.19. The van der Waals surface area contributed by atoms with Crippen molar-refractivity contribution in [2.45, 2.75) is 26.8 Å². The van der Waals surface area contributed by atoms with E-state index in [0.717, 1.165) is 11.0 Å². The second kappa shape index (κ2) is 3.77. The molecule has 0 amide bonds. The molecule has 1 atom stereocenters. The van der Waals surface area contributed by atoms with Gasteiger partial charge in [0.15, 0.2) is 5.65 Å².